The molecule has 0 aliphatic rings. The second-order valence-electron chi connectivity index (χ2n) is 6.24. The van der Waals surface area contributed by atoms with E-state index in [1.54, 1.807) is 26.3 Å². The van der Waals surface area contributed by atoms with E-state index in [0.717, 1.165) is 0 Å². The van der Waals surface area contributed by atoms with Gasteiger partial charge in [-0.25, -0.2) is 0 Å². The maximum atomic E-state index is 12.7. The summed E-state index contributed by atoms with van der Waals surface area (Å²) < 4.78 is 46.2. The van der Waals surface area contributed by atoms with Crippen molar-refractivity contribution in [3.05, 3.63) is 48.0 Å². The summed E-state index contributed by atoms with van der Waals surface area (Å²) in [6.07, 6.45) is -0.186. The van der Waals surface area contributed by atoms with Gasteiger partial charge in [-0.3, -0.25) is 4.99 Å². The first-order valence-electron chi connectivity index (χ1n) is 9.32. The molecule has 2 rings (SSSR count). The summed E-state index contributed by atoms with van der Waals surface area (Å²) in [4.78, 5) is 4.14. The normalized spacial score (nSPS) is 11.9. The average molecular weight is 551 g/mol. The molecule has 0 saturated carbocycles. The van der Waals surface area contributed by atoms with Crippen molar-refractivity contribution in [3.63, 3.8) is 0 Å². The number of benzene rings is 2. The molecule has 0 aliphatic carbocycles. The Hall–Kier alpha value is -2.50. The zero-order valence-electron chi connectivity index (χ0n) is 17.9. The third-order valence-electron chi connectivity index (χ3n) is 4.11. The monoisotopic (exact) mass is 551 g/mol. The first-order valence-corrected chi connectivity index (χ1v) is 9.32. The molecule has 0 aliphatic heterocycles. The molecule has 2 N–H and O–H groups in total. The average Bonchev–Trinajstić information content (AvgIpc) is 2.74. The summed E-state index contributed by atoms with van der Waals surface area (Å²) in [5.74, 6) is 2.38. The van der Waals surface area contributed by atoms with Crippen molar-refractivity contribution in [1.29, 1.82) is 0 Å². The van der Waals surface area contributed by atoms with Crippen LogP contribution in [-0.4, -0.2) is 46.5 Å². The SMILES string of the molecule is CN=C(NCc1cc(OC)ccc1OC(F)F)NCC(C)Oc1ccccc1OC.I. The van der Waals surface area contributed by atoms with E-state index < -0.39 is 6.61 Å². The summed E-state index contributed by atoms with van der Waals surface area (Å²) in [7, 11) is 4.70. The zero-order chi connectivity index (χ0) is 21.9. The van der Waals surface area contributed by atoms with Crippen molar-refractivity contribution in [1.82, 2.24) is 10.6 Å². The van der Waals surface area contributed by atoms with E-state index in [9.17, 15) is 8.78 Å². The largest absolute Gasteiger partial charge is 0.497 e. The van der Waals surface area contributed by atoms with Gasteiger partial charge in [0.1, 0.15) is 17.6 Å². The number of hydrogen-bond donors (Lipinski definition) is 2. The van der Waals surface area contributed by atoms with Crippen LogP contribution in [-0.2, 0) is 6.54 Å². The lowest BCUT2D eigenvalue weighted by atomic mass is 10.2. The zero-order valence-corrected chi connectivity index (χ0v) is 20.2. The van der Waals surface area contributed by atoms with E-state index >= 15 is 0 Å². The number of para-hydroxylation sites is 2. The van der Waals surface area contributed by atoms with Gasteiger partial charge in [-0.1, -0.05) is 12.1 Å². The predicted molar refractivity (Wildman–Crippen MR) is 126 cm³/mol. The van der Waals surface area contributed by atoms with E-state index in [1.165, 1.54) is 13.2 Å². The van der Waals surface area contributed by atoms with Gasteiger partial charge in [-0.05, 0) is 37.3 Å². The number of aliphatic imine (C=N–C) groups is 1. The smallest absolute Gasteiger partial charge is 0.387 e. The lowest BCUT2D eigenvalue weighted by Gasteiger charge is -2.19. The molecule has 2 aromatic rings. The van der Waals surface area contributed by atoms with E-state index in [0.29, 0.717) is 35.3 Å². The van der Waals surface area contributed by atoms with Crippen molar-refractivity contribution in [3.8, 4) is 23.0 Å². The van der Waals surface area contributed by atoms with Gasteiger partial charge in [0.15, 0.2) is 17.5 Å². The quantitative estimate of drug-likeness (QED) is 0.264. The van der Waals surface area contributed by atoms with Gasteiger partial charge >= 0.3 is 6.61 Å². The molecule has 172 valence electrons. The minimum absolute atomic E-state index is 0. The highest BCUT2D eigenvalue weighted by atomic mass is 127. The van der Waals surface area contributed by atoms with Crippen LogP contribution in [0, 0.1) is 0 Å². The van der Waals surface area contributed by atoms with Crippen LogP contribution < -0.4 is 29.6 Å². The van der Waals surface area contributed by atoms with E-state index in [1.807, 2.05) is 31.2 Å². The minimum Gasteiger partial charge on any atom is -0.497 e. The molecule has 1 unspecified atom stereocenters. The Morgan fingerprint density at radius 2 is 1.68 bits per heavy atom. The second-order valence-corrected chi connectivity index (χ2v) is 6.24. The fourth-order valence-corrected chi connectivity index (χ4v) is 2.65. The van der Waals surface area contributed by atoms with Gasteiger partial charge in [0.25, 0.3) is 0 Å². The number of rotatable bonds is 10. The molecule has 0 aromatic heterocycles. The maximum absolute atomic E-state index is 12.7. The highest BCUT2D eigenvalue weighted by molar-refractivity contribution is 14.0. The van der Waals surface area contributed by atoms with E-state index in [4.69, 9.17) is 14.2 Å². The topological polar surface area (TPSA) is 73.3 Å². The molecule has 10 heteroatoms. The van der Waals surface area contributed by atoms with Crippen LogP contribution in [0.5, 0.6) is 23.0 Å². The molecule has 0 heterocycles. The molecule has 0 saturated heterocycles. The lowest BCUT2D eigenvalue weighted by Crippen LogP contribution is -2.41. The number of ether oxygens (including phenoxy) is 4. The Morgan fingerprint density at radius 3 is 2.29 bits per heavy atom. The van der Waals surface area contributed by atoms with Crippen molar-refractivity contribution < 1.29 is 27.7 Å². The van der Waals surface area contributed by atoms with Gasteiger partial charge < -0.3 is 29.6 Å². The standard InChI is InChI=1S/C21H27F2N3O4.HI/c1-14(29-19-8-6-5-7-18(19)28-4)12-25-21(24-2)26-13-15-11-16(27-3)9-10-17(15)30-20(22)23;/h5-11,14,20H,12-13H2,1-4H3,(H2,24,25,26);1H. The number of methoxy groups -OCH3 is 2. The molecule has 2 aromatic carbocycles. The van der Waals surface area contributed by atoms with Crippen LogP contribution >= 0.6 is 24.0 Å². The Bertz CT molecular complexity index is 840. The van der Waals surface area contributed by atoms with Gasteiger partial charge in [-0.2, -0.15) is 8.78 Å². The number of alkyl halides is 2. The van der Waals surface area contributed by atoms with Gasteiger partial charge in [0.2, 0.25) is 0 Å². The molecular formula is C21H28F2IN3O4. The summed E-state index contributed by atoms with van der Waals surface area (Å²) in [6, 6.07) is 12.0. The predicted octanol–water partition coefficient (Wildman–Crippen LogP) is 4.06. The maximum Gasteiger partial charge on any atom is 0.387 e. The number of nitrogens with zero attached hydrogens (tertiary/aromatic N) is 1. The summed E-state index contributed by atoms with van der Waals surface area (Å²) in [5.41, 5.74) is 0.510. The number of hydrogen-bond acceptors (Lipinski definition) is 5. The first-order chi connectivity index (χ1) is 14.5. The summed E-state index contributed by atoms with van der Waals surface area (Å²) in [5, 5.41) is 6.21. The molecule has 31 heavy (non-hydrogen) atoms. The third kappa shape index (κ3) is 8.64. The first kappa shape index (κ1) is 26.5. The Kier molecular flexibility index (Phi) is 11.8. The van der Waals surface area contributed by atoms with Crippen molar-refractivity contribution in [2.75, 3.05) is 27.8 Å². The van der Waals surface area contributed by atoms with Crippen LogP contribution in [0.2, 0.25) is 0 Å². The van der Waals surface area contributed by atoms with Crippen LogP contribution in [0.3, 0.4) is 0 Å². The van der Waals surface area contributed by atoms with Crippen molar-refractivity contribution in [2.45, 2.75) is 26.2 Å². The fourth-order valence-electron chi connectivity index (χ4n) is 2.65. The third-order valence-corrected chi connectivity index (χ3v) is 4.11. The lowest BCUT2D eigenvalue weighted by molar-refractivity contribution is -0.0505. The van der Waals surface area contributed by atoms with Crippen LogP contribution in [0.15, 0.2) is 47.5 Å². The van der Waals surface area contributed by atoms with Crippen LogP contribution in [0.25, 0.3) is 0 Å². The Morgan fingerprint density at radius 1 is 0.968 bits per heavy atom. The summed E-state index contributed by atoms with van der Waals surface area (Å²) in [6.45, 7) is -0.345. The van der Waals surface area contributed by atoms with Gasteiger partial charge in [-0.15, -0.1) is 24.0 Å². The number of nitrogens with one attached hydrogen (secondary N) is 2. The molecule has 0 amide bonds. The van der Waals surface area contributed by atoms with Crippen molar-refractivity contribution >= 4 is 29.9 Å². The molecule has 0 bridgehead atoms. The second kappa shape index (κ2) is 13.7. The molecule has 0 radical (unpaired) electrons. The highest BCUT2D eigenvalue weighted by Crippen LogP contribution is 2.27. The number of guanidine groups is 1. The van der Waals surface area contributed by atoms with Crippen molar-refractivity contribution in [2.24, 2.45) is 4.99 Å². The van der Waals surface area contributed by atoms with Gasteiger partial charge in [0, 0.05) is 19.2 Å². The van der Waals surface area contributed by atoms with E-state index in [2.05, 4.69) is 20.4 Å². The molecule has 1 atom stereocenters. The van der Waals surface area contributed by atoms with Crippen LogP contribution in [0.4, 0.5) is 8.78 Å². The minimum atomic E-state index is -2.91. The highest BCUT2D eigenvalue weighted by Gasteiger charge is 2.13. The summed E-state index contributed by atoms with van der Waals surface area (Å²) >= 11 is 0. The van der Waals surface area contributed by atoms with Gasteiger partial charge in [0.05, 0.1) is 20.8 Å². The Balaban J connectivity index is 0.00000480. The fraction of sp³-hybridized carbons (Fsp3) is 0.381. The van der Waals surface area contributed by atoms with Crippen LogP contribution in [0.1, 0.15) is 12.5 Å². The molecule has 0 spiro atoms. The Labute approximate surface area is 198 Å². The molecule has 7 nitrogen and oxygen atoms in total. The molecule has 0 fully saturated rings. The van der Waals surface area contributed by atoms with E-state index in [-0.39, 0.29) is 42.4 Å². The molecular weight excluding hydrogens is 523 g/mol. The number of halogens is 3.